The van der Waals surface area contributed by atoms with Gasteiger partial charge in [0.2, 0.25) is 10.0 Å². The Morgan fingerprint density at radius 3 is 2.73 bits per heavy atom. The van der Waals surface area contributed by atoms with Crippen LogP contribution in [-0.4, -0.2) is 51.6 Å². The monoisotopic (exact) mass is 433 g/mol. The van der Waals surface area contributed by atoms with Crippen LogP contribution in [-0.2, 0) is 10.0 Å². The van der Waals surface area contributed by atoms with Crippen LogP contribution in [0.25, 0.3) is 11.3 Å². The molecule has 2 bridgehead atoms. The highest BCUT2D eigenvalue weighted by molar-refractivity contribution is 7.92. The maximum atomic E-state index is 12.8. The second-order valence-corrected chi connectivity index (χ2v) is 10.5. The lowest BCUT2D eigenvalue weighted by molar-refractivity contribution is 0.173. The van der Waals surface area contributed by atoms with Gasteiger partial charge in [0.05, 0.1) is 17.5 Å². The molecule has 1 aliphatic carbocycles. The lowest BCUT2D eigenvalue weighted by atomic mass is 9.93. The van der Waals surface area contributed by atoms with E-state index < -0.39 is 16.1 Å². The molecule has 0 saturated heterocycles. The molecule has 0 aromatic heterocycles. The molecule has 0 spiro atoms. The predicted molar refractivity (Wildman–Crippen MR) is 125 cm³/mol. The second kappa shape index (κ2) is 9.54. The zero-order valence-corrected chi connectivity index (χ0v) is 19.2. The van der Waals surface area contributed by atoms with Gasteiger partial charge in [0.1, 0.15) is 0 Å². The number of anilines is 1. The highest BCUT2D eigenvalue weighted by Gasteiger charge is 2.24. The van der Waals surface area contributed by atoms with Gasteiger partial charge < -0.3 is 15.7 Å². The van der Waals surface area contributed by atoms with Crippen LogP contribution < -0.4 is 14.9 Å². The van der Waals surface area contributed by atoms with Crippen molar-refractivity contribution < 1.29 is 13.5 Å². The van der Waals surface area contributed by atoms with Gasteiger partial charge in [-0.2, -0.15) is 0 Å². The van der Waals surface area contributed by atoms with Crippen LogP contribution >= 0.6 is 0 Å². The van der Waals surface area contributed by atoms with Gasteiger partial charge in [-0.05, 0) is 73.4 Å². The minimum atomic E-state index is -3.38. The molecule has 7 heteroatoms. The van der Waals surface area contributed by atoms with Crippen molar-refractivity contribution in [2.75, 3.05) is 30.2 Å². The molecule has 3 N–H and O–H groups in total. The van der Waals surface area contributed by atoms with E-state index in [1.54, 1.807) is 7.05 Å². The molecule has 3 rings (SSSR count). The first-order chi connectivity index (χ1) is 14.2. The summed E-state index contributed by atoms with van der Waals surface area (Å²) in [5.41, 5.74) is 5.46. The predicted octanol–water partition coefficient (Wildman–Crippen LogP) is 3.02. The van der Waals surface area contributed by atoms with Gasteiger partial charge in [-0.25, -0.2) is 8.42 Å². The van der Waals surface area contributed by atoms with Crippen molar-refractivity contribution in [3.63, 3.8) is 0 Å². The molecule has 1 aromatic carbocycles. The number of hydrogen-bond donors (Lipinski definition) is 3. The number of sulfonamides is 1. The van der Waals surface area contributed by atoms with Crippen molar-refractivity contribution in [2.45, 2.75) is 58.1 Å². The van der Waals surface area contributed by atoms with Crippen molar-refractivity contribution in [1.29, 1.82) is 0 Å². The number of rotatable bonds is 8. The topological polar surface area (TPSA) is 81.7 Å². The Morgan fingerprint density at radius 2 is 2.07 bits per heavy atom. The fourth-order valence-electron chi connectivity index (χ4n) is 3.81. The molecule has 2 aliphatic rings. The summed E-state index contributed by atoms with van der Waals surface area (Å²) in [5.74, 6) is 0.134. The molecule has 0 radical (unpaired) electrons. The van der Waals surface area contributed by atoms with Crippen LogP contribution in [0.4, 0.5) is 5.69 Å². The first-order valence-corrected chi connectivity index (χ1v) is 12.5. The first kappa shape index (κ1) is 22.8. The summed E-state index contributed by atoms with van der Waals surface area (Å²) in [4.78, 5) is 0. The van der Waals surface area contributed by atoms with Gasteiger partial charge in [-0.1, -0.05) is 19.6 Å². The third kappa shape index (κ3) is 5.45. The zero-order valence-electron chi connectivity index (χ0n) is 18.4. The van der Waals surface area contributed by atoms with E-state index in [2.05, 4.69) is 36.3 Å². The van der Waals surface area contributed by atoms with Crippen LogP contribution in [0.2, 0.25) is 0 Å². The smallest absolute Gasteiger partial charge is 0.234 e. The maximum Gasteiger partial charge on any atom is 0.234 e. The number of aliphatic hydroxyl groups is 1. The Balaban J connectivity index is 1.88. The Morgan fingerprint density at radius 1 is 1.33 bits per heavy atom. The Kier molecular flexibility index (Phi) is 7.26. The highest BCUT2D eigenvalue weighted by atomic mass is 32.2. The van der Waals surface area contributed by atoms with Crippen molar-refractivity contribution in [3.8, 4) is 0 Å². The molecule has 0 amide bonds. The summed E-state index contributed by atoms with van der Waals surface area (Å²) >= 11 is 0. The number of fused-ring (bicyclic) bond motifs is 2. The number of aliphatic hydroxyl groups excluding tert-OH is 1. The average molecular weight is 434 g/mol. The zero-order chi connectivity index (χ0) is 21.9. The third-order valence-electron chi connectivity index (χ3n) is 5.98. The van der Waals surface area contributed by atoms with Crippen LogP contribution in [0, 0.1) is 6.92 Å². The molecule has 6 nitrogen and oxygen atoms in total. The minimum absolute atomic E-state index is 0.134. The Bertz CT molecular complexity index is 920. The van der Waals surface area contributed by atoms with Crippen LogP contribution in [0.1, 0.15) is 55.7 Å². The van der Waals surface area contributed by atoms with Crippen molar-refractivity contribution in [3.05, 3.63) is 41.5 Å². The fraction of sp³-hybridized carbons (Fsp3) is 0.565. The summed E-state index contributed by atoms with van der Waals surface area (Å²) in [7, 11) is -1.75. The first-order valence-electron chi connectivity index (χ1n) is 10.9. The average Bonchev–Trinajstić information content (AvgIpc) is 3.54. The van der Waals surface area contributed by atoms with Gasteiger partial charge in [-0.15, -0.1) is 0 Å². The normalized spacial score (nSPS) is 19.7. The number of nitrogens with one attached hydrogen (secondary N) is 2. The highest BCUT2D eigenvalue weighted by Crippen LogP contribution is 2.35. The van der Waals surface area contributed by atoms with Gasteiger partial charge in [0.25, 0.3) is 0 Å². The number of hydrogen-bond acceptors (Lipinski definition) is 5. The summed E-state index contributed by atoms with van der Waals surface area (Å²) in [5, 5.41) is 16.8. The lowest BCUT2D eigenvalue weighted by Crippen LogP contribution is -2.35. The molecule has 1 saturated carbocycles. The van der Waals surface area contributed by atoms with Gasteiger partial charge in [0, 0.05) is 31.9 Å². The van der Waals surface area contributed by atoms with E-state index in [0.717, 1.165) is 29.5 Å². The third-order valence-corrected chi connectivity index (χ3v) is 7.82. The number of nitrogens with zero attached hydrogens (tertiary/aromatic N) is 1. The van der Waals surface area contributed by atoms with E-state index in [1.807, 2.05) is 13.0 Å². The SMILES string of the molecule is C=C(NC[C@H](O)CNC1CC1)c1cc2c(C)c(c1)N(C)S(=O)(=O)CCCC=C2CC. The van der Waals surface area contributed by atoms with Crippen molar-refractivity contribution >= 4 is 27.0 Å². The number of benzene rings is 1. The Hall–Kier alpha value is -1.83. The molecule has 0 unspecified atom stereocenters. The van der Waals surface area contributed by atoms with Crippen molar-refractivity contribution in [1.82, 2.24) is 10.6 Å². The van der Waals surface area contributed by atoms with E-state index in [0.29, 0.717) is 36.9 Å². The molecule has 1 heterocycles. The van der Waals surface area contributed by atoms with E-state index in [1.165, 1.54) is 22.7 Å². The molecule has 1 fully saturated rings. The van der Waals surface area contributed by atoms with Crippen LogP contribution in [0.5, 0.6) is 0 Å². The standard InChI is InChI=1S/C23H35N3O3S/c1-5-18-8-6-7-11-30(28,29)26(4)23-13-19(12-22(18)16(23)2)17(3)24-14-21(27)15-25-20-9-10-20/h8,12-13,20-21,24-25,27H,3,5-7,9-11,14-15H2,1-2,4H3/t21-/m0/s1. The molecular weight excluding hydrogens is 398 g/mol. The van der Waals surface area contributed by atoms with Crippen molar-refractivity contribution in [2.24, 2.45) is 0 Å². The van der Waals surface area contributed by atoms with E-state index in [4.69, 9.17) is 0 Å². The molecule has 1 aromatic rings. The molecule has 166 valence electrons. The van der Waals surface area contributed by atoms with Crippen LogP contribution in [0.3, 0.4) is 0 Å². The minimum Gasteiger partial charge on any atom is -0.390 e. The lowest BCUT2D eigenvalue weighted by Gasteiger charge is -2.26. The fourth-order valence-corrected chi connectivity index (χ4v) is 5.11. The summed E-state index contributed by atoms with van der Waals surface area (Å²) < 4.78 is 27.0. The summed E-state index contributed by atoms with van der Waals surface area (Å²) in [6, 6.07) is 4.52. The number of allylic oxidation sites excluding steroid dienone is 2. The van der Waals surface area contributed by atoms with E-state index in [-0.39, 0.29) is 5.75 Å². The van der Waals surface area contributed by atoms with Gasteiger partial charge >= 0.3 is 0 Å². The molecular formula is C23H35N3O3S. The quantitative estimate of drug-likeness (QED) is 0.587. The maximum absolute atomic E-state index is 12.8. The molecule has 1 atom stereocenters. The molecule has 1 aliphatic heterocycles. The second-order valence-electron chi connectivity index (χ2n) is 8.37. The Labute approximate surface area is 181 Å². The van der Waals surface area contributed by atoms with E-state index in [9.17, 15) is 13.5 Å². The summed E-state index contributed by atoms with van der Waals surface area (Å²) in [6.07, 6.45) is 6.27. The van der Waals surface area contributed by atoms with Crippen LogP contribution in [0.15, 0.2) is 24.8 Å². The van der Waals surface area contributed by atoms with E-state index >= 15 is 0 Å². The largest absolute Gasteiger partial charge is 0.390 e. The van der Waals surface area contributed by atoms with Gasteiger partial charge in [-0.3, -0.25) is 4.31 Å². The van der Waals surface area contributed by atoms with Gasteiger partial charge in [0.15, 0.2) is 0 Å². The molecule has 30 heavy (non-hydrogen) atoms. The summed E-state index contributed by atoms with van der Waals surface area (Å²) in [6.45, 7) is 9.20.